The van der Waals surface area contributed by atoms with Crippen molar-refractivity contribution in [3.8, 4) is 0 Å². The highest BCUT2D eigenvalue weighted by Gasteiger charge is 2.12. The highest BCUT2D eigenvalue weighted by Crippen LogP contribution is 2.02. The highest BCUT2D eigenvalue weighted by atomic mass is 79.9. The van der Waals surface area contributed by atoms with E-state index in [1.807, 2.05) is 0 Å². The van der Waals surface area contributed by atoms with Crippen LogP contribution in [0.2, 0.25) is 0 Å². The molecule has 0 bridgehead atoms. The van der Waals surface area contributed by atoms with E-state index in [2.05, 4.69) is 21.2 Å². The number of hydrogen-bond acceptors (Lipinski definition) is 2. The number of unbranched alkanes of at least 4 members (excludes halogenated alkanes) is 1. The van der Waals surface area contributed by atoms with E-state index >= 15 is 0 Å². The number of carboxylic acid groups (broad SMARTS) is 1. The van der Waals surface area contributed by atoms with Gasteiger partial charge < -0.3 is 10.4 Å². The van der Waals surface area contributed by atoms with E-state index < -0.39 is 5.97 Å². The summed E-state index contributed by atoms with van der Waals surface area (Å²) in [5, 5.41) is 12.3. The minimum Gasteiger partial charge on any atom is -0.480 e. The molecule has 0 amide bonds. The molecule has 0 heterocycles. The van der Waals surface area contributed by atoms with Crippen molar-refractivity contribution in [2.75, 3.05) is 12.4 Å². The molecule has 0 aliphatic rings. The van der Waals surface area contributed by atoms with Crippen LogP contribution in [0.1, 0.15) is 19.3 Å². The molecule has 4 heteroatoms. The molecular weight excluding hydrogens is 210 g/mol. The van der Waals surface area contributed by atoms with Gasteiger partial charge in [-0.1, -0.05) is 22.4 Å². The molecule has 0 aliphatic carbocycles. The van der Waals surface area contributed by atoms with Gasteiger partial charge >= 0.3 is 5.97 Å². The summed E-state index contributed by atoms with van der Waals surface area (Å²) in [7, 11) is 1.67. The monoisotopic (exact) mass is 223 g/mol. The Kier molecular flexibility index (Phi) is 6.56. The Morgan fingerprint density at radius 2 is 2.27 bits per heavy atom. The number of likely N-dealkylation sites (N-methyl/N-ethyl adjacent to an activating group) is 1. The Morgan fingerprint density at radius 3 is 2.64 bits per heavy atom. The van der Waals surface area contributed by atoms with Crippen LogP contribution in [0.4, 0.5) is 0 Å². The Morgan fingerprint density at radius 1 is 1.64 bits per heavy atom. The summed E-state index contributed by atoms with van der Waals surface area (Å²) < 4.78 is 0. The van der Waals surface area contributed by atoms with Crippen molar-refractivity contribution >= 4 is 21.9 Å². The number of rotatable bonds is 6. The number of carboxylic acids is 1. The third kappa shape index (κ3) is 5.21. The van der Waals surface area contributed by atoms with Gasteiger partial charge in [0.25, 0.3) is 0 Å². The molecule has 0 saturated carbocycles. The van der Waals surface area contributed by atoms with Gasteiger partial charge in [0, 0.05) is 5.33 Å². The van der Waals surface area contributed by atoms with E-state index in [1.165, 1.54) is 0 Å². The lowest BCUT2D eigenvalue weighted by atomic mass is 10.1. The van der Waals surface area contributed by atoms with Gasteiger partial charge in [-0.15, -0.1) is 0 Å². The zero-order valence-corrected chi connectivity index (χ0v) is 8.23. The standard InChI is InChI=1S/C7H14BrNO2/c1-9-6(7(10)11)4-2-3-5-8/h6,9H,2-5H2,1H3,(H,10,11). The van der Waals surface area contributed by atoms with E-state index in [0.717, 1.165) is 18.2 Å². The summed E-state index contributed by atoms with van der Waals surface area (Å²) in [5.74, 6) is -0.762. The molecular formula is C7H14BrNO2. The zero-order chi connectivity index (χ0) is 8.69. The minimum absolute atomic E-state index is 0.381. The van der Waals surface area contributed by atoms with Crippen LogP contribution in [-0.2, 0) is 4.79 Å². The van der Waals surface area contributed by atoms with Gasteiger partial charge in [-0.25, -0.2) is 0 Å². The predicted molar refractivity (Wildman–Crippen MR) is 48.1 cm³/mol. The van der Waals surface area contributed by atoms with Gasteiger partial charge in [0.15, 0.2) is 0 Å². The molecule has 0 radical (unpaired) electrons. The van der Waals surface area contributed by atoms with Crippen molar-refractivity contribution in [2.45, 2.75) is 25.3 Å². The van der Waals surface area contributed by atoms with Crippen LogP contribution in [0.25, 0.3) is 0 Å². The zero-order valence-electron chi connectivity index (χ0n) is 6.64. The van der Waals surface area contributed by atoms with Crippen molar-refractivity contribution in [3.05, 3.63) is 0 Å². The third-order valence-electron chi connectivity index (χ3n) is 1.52. The van der Waals surface area contributed by atoms with Gasteiger partial charge in [-0.2, -0.15) is 0 Å². The first-order valence-corrected chi connectivity index (χ1v) is 4.80. The average Bonchev–Trinajstić information content (AvgIpc) is 1.97. The molecule has 66 valence electrons. The van der Waals surface area contributed by atoms with E-state index in [0.29, 0.717) is 6.42 Å². The molecule has 11 heavy (non-hydrogen) atoms. The molecule has 2 N–H and O–H groups in total. The fourth-order valence-electron chi connectivity index (χ4n) is 0.834. The van der Waals surface area contributed by atoms with Crippen LogP contribution in [0.3, 0.4) is 0 Å². The Labute approximate surface area is 75.3 Å². The molecule has 1 unspecified atom stereocenters. The molecule has 0 fully saturated rings. The fourth-order valence-corrected chi connectivity index (χ4v) is 1.23. The molecule has 1 atom stereocenters. The fraction of sp³-hybridized carbons (Fsp3) is 0.857. The normalized spacial score (nSPS) is 12.9. The molecule has 0 rings (SSSR count). The quantitative estimate of drug-likeness (QED) is 0.526. The lowest BCUT2D eigenvalue weighted by molar-refractivity contribution is -0.139. The van der Waals surface area contributed by atoms with E-state index in [1.54, 1.807) is 7.05 Å². The van der Waals surface area contributed by atoms with Gasteiger partial charge in [-0.05, 0) is 19.9 Å². The second-order valence-electron chi connectivity index (χ2n) is 2.36. The smallest absolute Gasteiger partial charge is 0.320 e. The van der Waals surface area contributed by atoms with E-state index in [9.17, 15) is 4.79 Å². The van der Waals surface area contributed by atoms with Crippen molar-refractivity contribution in [1.82, 2.24) is 5.32 Å². The van der Waals surface area contributed by atoms with E-state index in [4.69, 9.17) is 5.11 Å². The summed E-state index contributed by atoms with van der Waals surface area (Å²) in [4.78, 5) is 10.5. The first kappa shape index (κ1) is 10.9. The number of aliphatic carboxylic acids is 1. The third-order valence-corrected chi connectivity index (χ3v) is 2.08. The molecule has 0 aromatic rings. The molecule has 0 aromatic carbocycles. The molecule has 3 nitrogen and oxygen atoms in total. The van der Waals surface area contributed by atoms with Crippen LogP contribution in [0.15, 0.2) is 0 Å². The summed E-state index contributed by atoms with van der Waals surface area (Å²) in [6, 6.07) is -0.381. The van der Waals surface area contributed by atoms with Crippen LogP contribution < -0.4 is 5.32 Å². The molecule has 0 aromatic heterocycles. The van der Waals surface area contributed by atoms with Crippen molar-refractivity contribution in [2.24, 2.45) is 0 Å². The lowest BCUT2D eigenvalue weighted by Crippen LogP contribution is -2.33. The SMILES string of the molecule is CNC(CCCCBr)C(=O)O. The summed E-state index contributed by atoms with van der Waals surface area (Å²) in [6.07, 6.45) is 2.69. The van der Waals surface area contributed by atoms with Gasteiger partial charge in [0.2, 0.25) is 0 Å². The predicted octanol–water partition coefficient (Wildman–Crippen LogP) is 1.22. The Bertz CT molecular complexity index is 119. The number of halogens is 1. The van der Waals surface area contributed by atoms with E-state index in [-0.39, 0.29) is 6.04 Å². The molecule has 0 saturated heterocycles. The van der Waals surface area contributed by atoms with Crippen LogP contribution in [0, 0.1) is 0 Å². The van der Waals surface area contributed by atoms with Crippen molar-refractivity contribution < 1.29 is 9.90 Å². The molecule has 0 aliphatic heterocycles. The summed E-state index contributed by atoms with van der Waals surface area (Å²) >= 11 is 3.29. The summed E-state index contributed by atoms with van der Waals surface area (Å²) in [5.41, 5.74) is 0. The van der Waals surface area contributed by atoms with Crippen LogP contribution in [-0.4, -0.2) is 29.5 Å². The number of hydrogen-bond donors (Lipinski definition) is 2. The minimum atomic E-state index is -0.762. The number of nitrogens with one attached hydrogen (secondary N) is 1. The van der Waals surface area contributed by atoms with Gasteiger partial charge in [0.1, 0.15) is 6.04 Å². The highest BCUT2D eigenvalue weighted by molar-refractivity contribution is 9.09. The number of carbonyl (C=O) groups is 1. The van der Waals surface area contributed by atoms with Crippen molar-refractivity contribution in [1.29, 1.82) is 0 Å². The topological polar surface area (TPSA) is 49.3 Å². The maximum Gasteiger partial charge on any atom is 0.320 e. The van der Waals surface area contributed by atoms with Crippen molar-refractivity contribution in [3.63, 3.8) is 0 Å². The Hall–Kier alpha value is -0.0900. The van der Waals surface area contributed by atoms with Gasteiger partial charge in [-0.3, -0.25) is 4.79 Å². The molecule has 0 spiro atoms. The first-order chi connectivity index (χ1) is 5.22. The first-order valence-electron chi connectivity index (χ1n) is 3.68. The van der Waals surface area contributed by atoms with Crippen LogP contribution >= 0.6 is 15.9 Å². The lowest BCUT2D eigenvalue weighted by Gasteiger charge is -2.09. The second kappa shape index (κ2) is 6.61. The Balaban J connectivity index is 3.44. The van der Waals surface area contributed by atoms with Gasteiger partial charge in [0.05, 0.1) is 0 Å². The number of alkyl halides is 1. The maximum atomic E-state index is 10.5. The second-order valence-corrected chi connectivity index (χ2v) is 3.16. The largest absolute Gasteiger partial charge is 0.480 e. The maximum absolute atomic E-state index is 10.5. The van der Waals surface area contributed by atoms with Crippen LogP contribution in [0.5, 0.6) is 0 Å². The average molecular weight is 224 g/mol. The summed E-state index contributed by atoms with van der Waals surface area (Å²) in [6.45, 7) is 0.